The van der Waals surface area contributed by atoms with Crippen molar-refractivity contribution in [3.63, 3.8) is 0 Å². The van der Waals surface area contributed by atoms with Crippen LogP contribution in [0, 0.1) is 16.7 Å². The Bertz CT molecular complexity index is 332. The van der Waals surface area contributed by atoms with Gasteiger partial charge >= 0.3 is 0 Å². The molecule has 0 aromatic heterocycles. The lowest BCUT2D eigenvalue weighted by atomic mass is 9.54. The predicted octanol–water partition coefficient (Wildman–Crippen LogP) is 2.89. The standard InChI is InChI=1S/C15H26O2/c1-10-8-12-14(2,3)6-5-7-15(12,4)13(17)9-11(10)16/h8,11-13,16-17H,5-7,9H2,1-4H3/t11-,12-,13-,15-/m1/s1. The Kier molecular flexibility index (Phi) is 3.16. The van der Waals surface area contributed by atoms with Crippen LogP contribution in [0.4, 0.5) is 0 Å². The number of fused-ring (bicyclic) bond motifs is 1. The van der Waals surface area contributed by atoms with Crippen molar-refractivity contribution in [1.29, 1.82) is 0 Å². The average Bonchev–Trinajstić information content (AvgIpc) is 2.29. The summed E-state index contributed by atoms with van der Waals surface area (Å²) in [6.45, 7) is 8.78. The first kappa shape index (κ1) is 13.1. The summed E-state index contributed by atoms with van der Waals surface area (Å²) < 4.78 is 0. The van der Waals surface area contributed by atoms with E-state index >= 15 is 0 Å². The third-order valence-corrected chi connectivity index (χ3v) is 5.25. The second kappa shape index (κ2) is 4.10. The first-order chi connectivity index (χ1) is 7.77. The highest BCUT2D eigenvalue weighted by atomic mass is 16.3. The molecule has 0 heterocycles. The lowest BCUT2D eigenvalue weighted by Crippen LogP contribution is -2.47. The number of hydrogen-bond donors (Lipinski definition) is 2. The number of rotatable bonds is 0. The molecule has 0 amide bonds. The fourth-order valence-corrected chi connectivity index (χ4v) is 3.96. The van der Waals surface area contributed by atoms with Gasteiger partial charge in [0.15, 0.2) is 0 Å². The molecule has 0 spiro atoms. The van der Waals surface area contributed by atoms with Gasteiger partial charge in [0.1, 0.15) is 0 Å². The summed E-state index contributed by atoms with van der Waals surface area (Å²) in [5.41, 5.74) is 1.19. The van der Waals surface area contributed by atoms with Gasteiger partial charge in [-0.2, -0.15) is 0 Å². The normalized spacial score (nSPS) is 45.8. The molecule has 0 aromatic rings. The molecular formula is C15H26O2. The Morgan fingerprint density at radius 2 is 1.82 bits per heavy atom. The van der Waals surface area contributed by atoms with Gasteiger partial charge in [-0.05, 0) is 36.7 Å². The summed E-state index contributed by atoms with van der Waals surface area (Å²) in [5.74, 6) is 0.371. The van der Waals surface area contributed by atoms with E-state index in [-0.39, 0.29) is 10.8 Å². The Labute approximate surface area is 105 Å². The Morgan fingerprint density at radius 1 is 1.18 bits per heavy atom. The van der Waals surface area contributed by atoms with Crippen molar-refractivity contribution in [3.05, 3.63) is 11.6 Å². The molecule has 4 atom stereocenters. The van der Waals surface area contributed by atoms with E-state index in [4.69, 9.17) is 0 Å². The summed E-state index contributed by atoms with van der Waals surface area (Å²) in [6, 6.07) is 0. The minimum absolute atomic E-state index is 0.0690. The molecule has 2 N–H and O–H groups in total. The SMILES string of the molecule is CC1=C[C@@H]2C(C)(C)CCC[C@@]2(C)[C@H](O)C[C@H]1O. The average molecular weight is 238 g/mol. The second-order valence-corrected chi connectivity index (χ2v) is 7.00. The minimum Gasteiger partial charge on any atom is -0.392 e. The van der Waals surface area contributed by atoms with Crippen molar-refractivity contribution in [1.82, 2.24) is 0 Å². The first-order valence-electron chi connectivity index (χ1n) is 6.82. The van der Waals surface area contributed by atoms with Crippen LogP contribution in [0.5, 0.6) is 0 Å². The van der Waals surface area contributed by atoms with E-state index in [0.29, 0.717) is 12.3 Å². The Balaban J connectivity index is 2.45. The molecule has 2 aliphatic rings. The highest BCUT2D eigenvalue weighted by molar-refractivity contribution is 5.18. The van der Waals surface area contributed by atoms with Crippen molar-refractivity contribution in [2.75, 3.05) is 0 Å². The van der Waals surface area contributed by atoms with E-state index in [0.717, 1.165) is 12.0 Å². The molecule has 0 aliphatic heterocycles. The zero-order valence-corrected chi connectivity index (χ0v) is 11.5. The van der Waals surface area contributed by atoms with E-state index < -0.39 is 12.2 Å². The number of aliphatic hydroxyl groups excluding tert-OH is 2. The van der Waals surface area contributed by atoms with Gasteiger partial charge in [0, 0.05) is 11.8 Å². The molecule has 2 heteroatoms. The number of allylic oxidation sites excluding steroid dienone is 1. The Hall–Kier alpha value is -0.340. The van der Waals surface area contributed by atoms with Gasteiger partial charge in [0.2, 0.25) is 0 Å². The highest BCUT2D eigenvalue weighted by Gasteiger charge is 2.50. The maximum atomic E-state index is 10.5. The fraction of sp³-hybridized carbons (Fsp3) is 0.867. The molecule has 2 rings (SSSR count). The fourth-order valence-electron chi connectivity index (χ4n) is 3.96. The van der Waals surface area contributed by atoms with Crippen LogP contribution in [0.25, 0.3) is 0 Å². The maximum Gasteiger partial charge on any atom is 0.0772 e. The highest BCUT2D eigenvalue weighted by Crippen LogP contribution is 2.55. The van der Waals surface area contributed by atoms with Crippen LogP contribution in [0.3, 0.4) is 0 Å². The third kappa shape index (κ3) is 2.06. The van der Waals surface area contributed by atoms with E-state index in [1.807, 2.05) is 6.92 Å². The lowest BCUT2D eigenvalue weighted by Gasteiger charge is -2.51. The van der Waals surface area contributed by atoms with Gasteiger partial charge in [0.25, 0.3) is 0 Å². The summed E-state index contributed by atoms with van der Waals surface area (Å²) in [4.78, 5) is 0. The van der Waals surface area contributed by atoms with Gasteiger partial charge in [0.05, 0.1) is 12.2 Å². The van der Waals surface area contributed by atoms with E-state index in [2.05, 4.69) is 26.8 Å². The van der Waals surface area contributed by atoms with E-state index in [1.165, 1.54) is 12.8 Å². The van der Waals surface area contributed by atoms with Gasteiger partial charge < -0.3 is 10.2 Å². The summed E-state index contributed by atoms with van der Waals surface area (Å²) in [5, 5.41) is 20.5. The quantitative estimate of drug-likeness (QED) is 0.637. The minimum atomic E-state index is -0.469. The molecule has 0 saturated heterocycles. The zero-order chi connectivity index (χ0) is 12.8. The maximum absolute atomic E-state index is 10.5. The van der Waals surface area contributed by atoms with E-state index in [9.17, 15) is 10.2 Å². The molecule has 98 valence electrons. The van der Waals surface area contributed by atoms with Crippen LogP contribution >= 0.6 is 0 Å². The molecule has 2 nitrogen and oxygen atoms in total. The molecule has 1 saturated carbocycles. The number of hydrogen-bond acceptors (Lipinski definition) is 2. The predicted molar refractivity (Wildman–Crippen MR) is 69.6 cm³/mol. The first-order valence-corrected chi connectivity index (χ1v) is 6.82. The van der Waals surface area contributed by atoms with Crippen LogP contribution < -0.4 is 0 Å². The van der Waals surface area contributed by atoms with Crippen molar-refractivity contribution in [3.8, 4) is 0 Å². The summed E-state index contributed by atoms with van der Waals surface area (Å²) in [6.07, 6.45) is 5.32. The number of aliphatic hydroxyl groups is 2. The monoisotopic (exact) mass is 238 g/mol. The second-order valence-electron chi connectivity index (χ2n) is 7.00. The van der Waals surface area contributed by atoms with Crippen molar-refractivity contribution < 1.29 is 10.2 Å². The van der Waals surface area contributed by atoms with Gasteiger partial charge in [-0.1, -0.05) is 33.3 Å². The molecular weight excluding hydrogens is 212 g/mol. The third-order valence-electron chi connectivity index (χ3n) is 5.25. The van der Waals surface area contributed by atoms with Crippen LogP contribution in [0.1, 0.15) is 53.4 Å². The van der Waals surface area contributed by atoms with Crippen LogP contribution in [0.15, 0.2) is 11.6 Å². The molecule has 1 fully saturated rings. The largest absolute Gasteiger partial charge is 0.392 e. The van der Waals surface area contributed by atoms with Crippen LogP contribution in [-0.4, -0.2) is 22.4 Å². The lowest BCUT2D eigenvalue weighted by molar-refractivity contribution is -0.0724. The van der Waals surface area contributed by atoms with Gasteiger partial charge in [-0.15, -0.1) is 0 Å². The Morgan fingerprint density at radius 3 is 2.47 bits per heavy atom. The molecule has 0 bridgehead atoms. The molecule has 0 radical (unpaired) electrons. The summed E-state index contributed by atoms with van der Waals surface area (Å²) >= 11 is 0. The summed E-state index contributed by atoms with van der Waals surface area (Å²) in [7, 11) is 0. The molecule has 17 heavy (non-hydrogen) atoms. The zero-order valence-electron chi connectivity index (χ0n) is 11.5. The van der Waals surface area contributed by atoms with Crippen molar-refractivity contribution >= 4 is 0 Å². The van der Waals surface area contributed by atoms with Crippen LogP contribution in [-0.2, 0) is 0 Å². The van der Waals surface area contributed by atoms with Crippen LogP contribution in [0.2, 0.25) is 0 Å². The smallest absolute Gasteiger partial charge is 0.0772 e. The van der Waals surface area contributed by atoms with Gasteiger partial charge in [-0.25, -0.2) is 0 Å². The van der Waals surface area contributed by atoms with Crippen molar-refractivity contribution in [2.45, 2.75) is 65.6 Å². The molecule has 0 aromatic carbocycles. The molecule has 2 aliphatic carbocycles. The topological polar surface area (TPSA) is 40.5 Å². The van der Waals surface area contributed by atoms with Gasteiger partial charge in [-0.3, -0.25) is 0 Å². The van der Waals surface area contributed by atoms with E-state index in [1.54, 1.807) is 0 Å². The van der Waals surface area contributed by atoms with Crippen molar-refractivity contribution in [2.24, 2.45) is 16.7 Å². The molecule has 0 unspecified atom stereocenters.